The quantitative estimate of drug-likeness (QED) is 0.524. The van der Waals surface area contributed by atoms with Gasteiger partial charge in [0.25, 0.3) is 0 Å². The van der Waals surface area contributed by atoms with E-state index >= 15 is 0 Å². The molecule has 2 rings (SSSR count). The average molecular weight is 160 g/mol. The Kier molecular flexibility index (Phi) is 2.33. The van der Waals surface area contributed by atoms with Crippen LogP contribution in [0.15, 0.2) is 16.8 Å². The molecule has 0 aromatic heterocycles. The number of nitrogens with zero attached hydrogens (tertiary/aromatic N) is 1. The minimum absolute atomic E-state index is 0. The predicted octanol–water partition coefficient (Wildman–Crippen LogP) is 1.41. The maximum absolute atomic E-state index is 5.33. The summed E-state index contributed by atoms with van der Waals surface area (Å²) in [5.41, 5.74) is 0. The number of allylic oxidation sites excluding steroid dienone is 1. The normalized spacial score (nSPS) is 28.0. The standard InChI is InChI=1S/C7H9NO.ClH/c1-3-8-5-6-2-4-9-7(1)6;/h1,3,6H,2,4-5H2;1H. The zero-order chi connectivity index (χ0) is 6.10. The minimum Gasteiger partial charge on any atom is -0.497 e. The van der Waals surface area contributed by atoms with Crippen LogP contribution < -0.4 is 0 Å². The highest BCUT2D eigenvalue weighted by Crippen LogP contribution is 2.25. The van der Waals surface area contributed by atoms with Crippen molar-refractivity contribution in [2.45, 2.75) is 6.42 Å². The van der Waals surface area contributed by atoms with Crippen molar-refractivity contribution >= 4 is 18.6 Å². The molecular weight excluding hydrogens is 150 g/mol. The van der Waals surface area contributed by atoms with Gasteiger partial charge in [-0.1, -0.05) is 0 Å². The van der Waals surface area contributed by atoms with Gasteiger partial charge in [0.15, 0.2) is 0 Å². The Balaban J connectivity index is 0.000000500. The molecule has 1 atom stereocenters. The van der Waals surface area contributed by atoms with Gasteiger partial charge in [0, 0.05) is 18.7 Å². The lowest BCUT2D eigenvalue weighted by Crippen LogP contribution is -2.05. The Hall–Kier alpha value is -0.500. The summed E-state index contributed by atoms with van der Waals surface area (Å²) in [6.07, 6.45) is 4.96. The second-order valence-electron chi connectivity index (χ2n) is 2.42. The van der Waals surface area contributed by atoms with Crippen molar-refractivity contribution in [3.05, 3.63) is 11.8 Å². The minimum atomic E-state index is 0. The summed E-state index contributed by atoms with van der Waals surface area (Å²) in [6, 6.07) is 0. The highest BCUT2D eigenvalue weighted by molar-refractivity contribution is 5.85. The number of halogens is 1. The monoisotopic (exact) mass is 159 g/mol. The maximum atomic E-state index is 5.33. The van der Waals surface area contributed by atoms with E-state index in [4.69, 9.17) is 4.74 Å². The first-order valence-electron chi connectivity index (χ1n) is 3.29. The molecule has 0 spiro atoms. The zero-order valence-electron chi connectivity index (χ0n) is 5.62. The van der Waals surface area contributed by atoms with Gasteiger partial charge in [-0.05, 0) is 12.5 Å². The first-order valence-corrected chi connectivity index (χ1v) is 3.29. The molecule has 1 unspecified atom stereocenters. The lowest BCUT2D eigenvalue weighted by Gasteiger charge is -2.08. The van der Waals surface area contributed by atoms with Crippen LogP contribution in [0.3, 0.4) is 0 Å². The van der Waals surface area contributed by atoms with Crippen LogP contribution in [0, 0.1) is 5.92 Å². The zero-order valence-corrected chi connectivity index (χ0v) is 6.43. The number of aliphatic imine (C=N–C) groups is 1. The number of ether oxygens (including phenoxy) is 1. The molecule has 10 heavy (non-hydrogen) atoms. The lowest BCUT2D eigenvalue weighted by molar-refractivity contribution is 0.259. The molecule has 0 aliphatic carbocycles. The third-order valence-corrected chi connectivity index (χ3v) is 1.81. The van der Waals surface area contributed by atoms with Crippen molar-refractivity contribution in [3.63, 3.8) is 0 Å². The van der Waals surface area contributed by atoms with Gasteiger partial charge in [-0.15, -0.1) is 12.4 Å². The van der Waals surface area contributed by atoms with Crippen LogP contribution in [0.4, 0.5) is 0 Å². The van der Waals surface area contributed by atoms with E-state index in [0.717, 1.165) is 25.3 Å². The van der Waals surface area contributed by atoms with Gasteiger partial charge >= 0.3 is 0 Å². The SMILES string of the molecule is C1=NCC2CCOC2=C1.Cl. The third-order valence-electron chi connectivity index (χ3n) is 1.81. The summed E-state index contributed by atoms with van der Waals surface area (Å²) in [4.78, 5) is 4.14. The van der Waals surface area contributed by atoms with Crippen molar-refractivity contribution in [1.82, 2.24) is 0 Å². The molecule has 0 saturated carbocycles. The van der Waals surface area contributed by atoms with E-state index < -0.39 is 0 Å². The van der Waals surface area contributed by atoms with Gasteiger partial charge in [-0.2, -0.15) is 0 Å². The molecule has 2 heterocycles. The molecule has 0 aromatic carbocycles. The van der Waals surface area contributed by atoms with E-state index in [0.29, 0.717) is 5.92 Å². The van der Waals surface area contributed by atoms with Crippen LogP contribution in [-0.2, 0) is 4.74 Å². The summed E-state index contributed by atoms with van der Waals surface area (Å²) >= 11 is 0. The highest BCUT2D eigenvalue weighted by Gasteiger charge is 2.22. The second-order valence-corrected chi connectivity index (χ2v) is 2.42. The Morgan fingerprint density at radius 1 is 1.60 bits per heavy atom. The van der Waals surface area contributed by atoms with Crippen molar-refractivity contribution in [1.29, 1.82) is 0 Å². The van der Waals surface area contributed by atoms with Crippen LogP contribution in [0.2, 0.25) is 0 Å². The first kappa shape index (κ1) is 7.61. The summed E-state index contributed by atoms with van der Waals surface area (Å²) in [5, 5.41) is 0. The van der Waals surface area contributed by atoms with Crippen LogP contribution in [0.5, 0.6) is 0 Å². The van der Waals surface area contributed by atoms with E-state index in [1.165, 1.54) is 0 Å². The van der Waals surface area contributed by atoms with E-state index in [1.54, 1.807) is 0 Å². The average Bonchev–Trinajstić information content (AvgIpc) is 2.33. The van der Waals surface area contributed by atoms with E-state index in [9.17, 15) is 0 Å². The third kappa shape index (κ3) is 1.16. The largest absolute Gasteiger partial charge is 0.497 e. The topological polar surface area (TPSA) is 21.6 Å². The van der Waals surface area contributed by atoms with Gasteiger partial charge in [0.1, 0.15) is 5.76 Å². The van der Waals surface area contributed by atoms with Gasteiger partial charge in [-0.3, -0.25) is 4.99 Å². The lowest BCUT2D eigenvalue weighted by atomic mass is 10.1. The van der Waals surface area contributed by atoms with Crippen LogP contribution >= 0.6 is 12.4 Å². The molecule has 1 fully saturated rings. The Labute approximate surface area is 66.4 Å². The number of dihydropyridines is 1. The summed E-state index contributed by atoms with van der Waals surface area (Å²) in [6.45, 7) is 1.83. The molecule has 2 nitrogen and oxygen atoms in total. The molecule has 2 aliphatic heterocycles. The van der Waals surface area contributed by atoms with E-state index in [2.05, 4.69) is 4.99 Å². The second kappa shape index (κ2) is 3.06. The fourth-order valence-electron chi connectivity index (χ4n) is 1.26. The van der Waals surface area contributed by atoms with Gasteiger partial charge in [0.2, 0.25) is 0 Å². The van der Waals surface area contributed by atoms with E-state index in [-0.39, 0.29) is 12.4 Å². The van der Waals surface area contributed by atoms with Gasteiger partial charge < -0.3 is 4.74 Å². The predicted molar refractivity (Wildman–Crippen MR) is 42.7 cm³/mol. The molecule has 0 radical (unpaired) electrons. The molecule has 3 heteroatoms. The number of fused-ring (bicyclic) bond motifs is 1. The molecule has 56 valence electrons. The summed E-state index contributed by atoms with van der Waals surface area (Å²) < 4.78 is 5.33. The van der Waals surface area contributed by atoms with Crippen molar-refractivity contribution in [2.24, 2.45) is 10.9 Å². The molecular formula is C7H10ClNO. The fraction of sp³-hybridized carbons (Fsp3) is 0.571. The van der Waals surface area contributed by atoms with Gasteiger partial charge in [-0.25, -0.2) is 0 Å². The molecule has 1 saturated heterocycles. The summed E-state index contributed by atoms with van der Waals surface area (Å²) in [7, 11) is 0. The Morgan fingerprint density at radius 2 is 2.50 bits per heavy atom. The summed E-state index contributed by atoms with van der Waals surface area (Å²) in [5.74, 6) is 1.75. The molecule has 2 aliphatic rings. The van der Waals surface area contributed by atoms with Crippen molar-refractivity contribution < 1.29 is 4.74 Å². The van der Waals surface area contributed by atoms with E-state index in [1.807, 2.05) is 12.3 Å². The molecule has 0 aromatic rings. The van der Waals surface area contributed by atoms with Crippen LogP contribution in [0.1, 0.15) is 6.42 Å². The van der Waals surface area contributed by atoms with Crippen LogP contribution in [0.25, 0.3) is 0 Å². The fourth-order valence-corrected chi connectivity index (χ4v) is 1.26. The molecule has 0 bridgehead atoms. The first-order chi connectivity index (χ1) is 4.47. The molecule has 0 amide bonds. The number of rotatable bonds is 0. The maximum Gasteiger partial charge on any atom is 0.103 e. The van der Waals surface area contributed by atoms with Crippen molar-refractivity contribution in [2.75, 3.05) is 13.2 Å². The van der Waals surface area contributed by atoms with Crippen molar-refractivity contribution in [3.8, 4) is 0 Å². The Morgan fingerprint density at radius 3 is 3.30 bits per heavy atom. The van der Waals surface area contributed by atoms with Crippen LogP contribution in [-0.4, -0.2) is 19.4 Å². The number of hydrogen-bond donors (Lipinski definition) is 0. The van der Waals surface area contributed by atoms with Gasteiger partial charge in [0.05, 0.1) is 6.61 Å². The number of hydrogen-bond acceptors (Lipinski definition) is 2. The molecule has 0 N–H and O–H groups in total. The smallest absolute Gasteiger partial charge is 0.103 e. The Bertz CT molecular complexity index is 176. The highest BCUT2D eigenvalue weighted by atomic mass is 35.5.